The first-order chi connectivity index (χ1) is 14.5. The zero-order chi connectivity index (χ0) is 21.1. The quantitative estimate of drug-likeness (QED) is 0.799. The summed E-state index contributed by atoms with van der Waals surface area (Å²) in [4.78, 5) is 31.8. The number of pyridine rings is 1. The summed E-state index contributed by atoms with van der Waals surface area (Å²) in [6.45, 7) is 4.94. The predicted molar refractivity (Wildman–Crippen MR) is 115 cm³/mol. The van der Waals surface area contributed by atoms with Crippen LogP contribution in [0.3, 0.4) is 0 Å². The van der Waals surface area contributed by atoms with Gasteiger partial charge in [-0.3, -0.25) is 14.6 Å². The lowest BCUT2D eigenvalue weighted by atomic mass is 9.89. The Morgan fingerprint density at radius 1 is 1.20 bits per heavy atom. The number of carbonyl (C=O) groups is 2. The van der Waals surface area contributed by atoms with Crippen LogP contribution < -0.4 is 5.32 Å². The van der Waals surface area contributed by atoms with Gasteiger partial charge < -0.3 is 15.0 Å². The molecule has 2 aromatic rings. The number of benzene rings is 1. The minimum atomic E-state index is -1.07. The van der Waals surface area contributed by atoms with Crippen LogP contribution in [-0.4, -0.2) is 53.0 Å². The van der Waals surface area contributed by atoms with Crippen molar-refractivity contribution in [3.63, 3.8) is 0 Å². The van der Waals surface area contributed by atoms with Crippen molar-refractivity contribution in [3.8, 4) is 11.1 Å². The zero-order valence-electron chi connectivity index (χ0n) is 17.6. The molecule has 1 aromatic carbocycles. The van der Waals surface area contributed by atoms with Crippen LogP contribution in [0.5, 0.6) is 0 Å². The topological polar surface area (TPSA) is 71.5 Å². The van der Waals surface area contributed by atoms with Gasteiger partial charge in [0.25, 0.3) is 5.91 Å². The van der Waals surface area contributed by atoms with Crippen LogP contribution in [0.15, 0.2) is 48.8 Å². The molecule has 2 amide bonds. The summed E-state index contributed by atoms with van der Waals surface area (Å²) in [6.07, 6.45) is 5.98. The van der Waals surface area contributed by atoms with Crippen molar-refractivity contribution in [1.29, 1.82) is 0 Å². The van der Waals surface area contributed by atoms with Gasteiger partial charge in [-0.2, -0.15) is 0 Å². The highest BCUT2D eigenvalue weighted by atomic mass is 16.5. The molecule has 158 valence electrons. The van der Waals surface area contributed by atoms with E-state index in [0.29, 0.717) is 19.6 Å². The largest absolute Gasteiger partial charge is 0.361 e. The van der Waals surface area contributed by atoms with Crippen LogP contribution >= 0.6 is 0 Å². The molecule has 1 N–H and O–H groups in total. The van der Waals surface area contributed by atoms with E-state index in [4.69, 9.17) is 4.74 Å². The van der Waals surface area contributed by atoms with Gasteiger partial charge in [-0.15, -0.1) is 0 Å². The summed E-state index contributed by atoms with van der Waals surface area (Å²) in [5.41, 5.74) is 2.08. The van der Waals surface area contributed by atoms with Gasteiger partial charge in [0, 0.05) is 37.3 Å². The Hall–Kier alpha value is -2.73. The Morgan fingerprint density at radius 2 is 1.97 bits per heavy atom. The summed E-state index contributed by atoms with van der Waals surface area (Å²) in [5.74, 6) is -0.157. The Morgan fingerprint density at radius 3 is 2.67 bits per heavy atom. The first kappa shape index (κ1) is 20.5. The Bertz CT molecular complexity index is 911. The molecule has 1 atom stereocenters. The molecule has 2 heterocycles. The van der Waals surface area contributed by atoms with Gasteiger partial charge in [-0.1, -0.05) is 38.1 Å². The van der Waals surface area contributed by atoms with E-state index in [1.807, 2.05) is 44.2 Å². The van der Waals surface area contributed by atoms with Crippen LogP contribution in [0, 0.1) is 5.92 Å². The maximum atomic E-state index is 13.3. The number of carbonyl (C=O) groups excluding carboxylic acids is 2. The molecule has 2 fully saturated rings. The maximum absolute atomic E-state index is 13.3. The Labute approximate surface area is 177 Å². The minimum Gasteiger partial charge on any atom is -0.361 e. The summed E-state index contributed by atoms with van der Waals surface area (Å²) in [6, 6.07) is 12.3. The zero-order valence-corrected chi connectivity index (χ0v) is 17.6. The third kappa shape index (κ3) is 4.54. The van der Waals surface area contributed by atoms with E-state index in [1.54, 1.807) is 17.3 Å². The van der Waals surface area contributed by atoms with E-state index in [2.05, 4.69) is 16.4 Å². The first-order valence-corrected chi connectivity index (χ1v) is 10.7. The average molecular weight is 408 g/mol. The van der Waals surface area contributed by atoms with Crippen molar-refractivity contribution in [1.82, 2.24) is 15.2 Å². The molecule has 0 spiro atoms. The number of amides is 2. The maximum Gasteiger partial charge on any atom is 0.254 e. The molecule has 4 rings (SSSR count). The van der Waals surface area contributed by atoms with Crippen molar-refractivity contribution in [2.75, 3.05) is 19.7 Å². The molecule has 1 aliphatic carbocycles. The second-order valence-corrected chi connectivity index (χ2v) is 8.62. The summed E-state index contributed by atoms with van der Waals surface area (Å²) < 4.78 is 6.15. The van der Waals surface area contributed by atoms with Gasteiger partial charge in [-0.05, 0) is 41.7 Å². The summed E-state index contributed by atoms with van der Waals surface area (Å²) in [5, 5.41) is 3.11. The molecule has 6 heteroatoms. The van der Waals surface area contributed by atoms with Crippen molar-refractivity contribution < 1.29 is 14.3 Å². The molecule has 1 saturated heterocycles. The smallest absolute Gasteiger partial charge is 0.254 e. The number of aromatic nitrogens is 1. The van der Waals surface area contributed by atoms with Crippen LogP contribution in [0.2, 0.25) is 0 Å². The van der Waals surface area contributed by atoms with Gasteiger partial charge in [-0.25, -0.2) is 0 Å². The van der Waals surface area contributed by atoms with Gasteiger partial charge in [0.1, 0.15) is 0 Å². The molecule has 1 aliphatic heterocycles. The summed E-state index contributed by atoms with van der Waals surface area (Å²) >= 11 is 0. The molecule has 1 unspecified atom stereocenters. The minimum absolute atomic E-state index is 0.0624. The summed E-state index contributed by atoms with van der Waals surface area (Å²) in [7, 11) is 0. The van der Waals surface area contributed by atoms with Gasteiger partial charge >= 0.3 is 0 Å². The van der Waals surface area contributed by atoms with E-state index in [1.165, 1.54) is 0 Å². The number of nitrogens with one attached hydrogen (secondary N) is 1. The molecule has 1 saturated carbocycles. The number of hydrogen-bond acceptors (Lipinski definition) is 4. The second kappa shape index (κ2) is 8.56. The van der Waals surface area contributed by atoms with Crippen molar-refractivity contribution in [2.24, 2.45) is 5.92 Å². The van der Waals surface area contributed by atoms with Crippen LogP contribution in [0.1, 0.15) is 32.3 Å². The molecule has 6 nitrogen and oxygen atoms in total. The first-order valence-electron chi connectivity index (χ1n) is 10.7. The van der Waals surface area contributed by atoms with Crippen LogP contribution in [0.4, 0.5) is 0 Å². The highest BCUT2D eigenvalue weighted by Gasteiger charge is 2.46. The highest BCUT2D eigenvalue weighted by molar-refractivity contribution is 5.88. The lowest BCUT2D eigenvalue weighted by Gasteiger charge is -2.42. The fourth-order valence-electron chi connectivity index (χ4n) is 3.94. The Balaban J connectivity index is 1.62. The van der Waals surface area contributed by atoms with Crippen molar-refractivity contribution in [3.05, 3.63) is 54.4 Å². The molecular weight excluding hydrogens is 378 g/mol. The molecule has 2 aliphatic rings. The van der Waals surface area contributed by atoms with Crippen molar-refractivity contribution in [2.45, 2.75) is 44.8 Å². The second-order valence-electron chi connectivity index (χ2n) is 8.62. The number of ether oxygens (including phenoxy) is 1. The van der Waals surface area contributed by atoms with E-state index in [0.717, 1.165) is 29.5 Å². The molecule has 0 radical (unpaired) electrons. The monoisotopic (exact) mass is 407 g/mol. The molecular formula is C24H29N3O3. The number of nitrogens with zero attached hydrogens (tertiary/aromatic N) is 2. The lowest BCUT2D eigenvalue weighted by molar-refractivity contribution is -0.167. The average Bonchev–Trinajstić information content (AvgIpc) is 3.58. The highest BCUT2D eigenvalue weighted by Crippen LogP contribution is 2.29. The van der Waals surface area contributed by atoms with Crippen LogP contribution in [0.25, 0.3) is 11.1 Å². The van der Waals surface area contributed by atoms with Crippen molar-refractivity contribution >= 4 is 11.8 Å². The third-order valence-electron chi connectivity index (χ3n) is 5.75. The van der Waals surface area contributed by atoms with Gasteiger partial charge in [0.15, 0.2) is 5.60 Å². The fraction of sp³-hybridized carbons (Fsp3) is 0.458. The predicted octanol–water partition coefficient (Wildman–Crippen LogP) is 2.82. The van der Waals surface area contributed by atoms with Crippen LogP contribution in [-0.2, 0) is 20.7 Å². The SMILES string of the molecule is CC(C)C(=O)N1CCOC(Cc2cccc(-c3ccncc3)c2)(C(=O)NC2CC2)C1. The van der Waals surface area contributed by atoms with E-state index in [-0.39, 0.29) is 30.3 Å². The van der Waals surface area contributed by atoms with E-state index in [9.17, 15) is 9.59 Å². The normalized spacial score (nSPS) is 21.5. The fourth-order valence-corrected chi connectivity index (χ4v) is 3.94. The van der Waals surface area contributed by atoms with E-state index < -0.39 is 5.60 Å². The van der Waals surface area contributed by atoms with E-state index >= 15 is 0 Å². The van der Waals surface area contributed by atoms with Gasteiger partial charge in [0.2, 0.25) is 5.91 Å². The number of hydrogen-bond donors (Lipinski definition) is 1. The standard InChI is InChI=1S/C24H29N3O3/c1-17(2)22(28)27-12-13-30-24(16-27,23(29)26-21-6-7-21)15-18-4-3-5-20(14-18)19-8-10-25-11-9-19/h3-5,8-11,14,17,21H,6-7,12-13,15-16H2,1-2H3,(H,26,29). The Kier molecular flexibility index (Phi) is 5.86. The molecule has 0 bridgehead atoms. The third-order valence-corrected chi connectivity index (χ3v) is 5.75. The molecule has 30 heavy (non-hydrogen) atoms. The molecule has 1 aromatic heterocycles. The lowest BCUT2D eigenvalue weighted by Crippen LogP contribution is -2.62. The number of rotatable bonds is 6. The number of morpholine rings is 1. The van der Waals surface area contributed by atoms with Gasteiger partial charge in [0.05, 0.1) is 13.2 Å².